The van der Waals surface area contributed by atoms with Crippen molar-refractivity contribution >= 4 is 47.4 Å². The SMILES string of the molecule is C=C(N=C/C=C\C(C)CC)C1=NC(CC)C(c2ccc(C(=O)NCCCNC(=O)CCCCC3SCC4NC(=O)NC43)cc2)=NN1. The molecule has 11 nitrogen and oxygen atoms in total. The number of hydrazone groups is 1. The number of nitrogens with one attached hydrogen (secondary N) is 5. The quantitative estimate of drug-likeness (QED) is 0.0970. The van der Waals surface area contributed by atoms with E-state index in [1.807, 2.05) is 30.0 Å². The zero-order valence-corrected chi connectivity index (χ0v) is 28.0. The second-order valence-corrected chi connectivity index (χ2v) is 13.2. The van der Waals surface area contributed by atoms with Crippen LogP contribution in [0.5, 0.6) is 0 Å². The van der Waals surface area contributed by atoms with Gasteiger partial charge in [0, 0.05) is 47.9 Å². The van der Waals surface area contributed by atoms with Crippen LogP contribution in [0.15, 0.2) is 63.8 Å². The average molecular weight is 649 g/mol. The van der Waals surface area contributed by atoms with Gasteiger partial charge >= 0.3 is 6.03 Å². The van der Waals surface area contributed by atoms with Crippen molar-refractivity contribution in [1.82, 2.24) is 26.7 Å². The van der Waals surface area contributed by atoms with Crippen LogP contribution in [0.3, 0.4) is 0 Å². The first-order chi connectivity index (χ1) is 22.3. The second kappa shape index (κ2) is 17.7. The van der Waals surface area contributed by atoms with E-state index in [0.717, 1.165) is 49.1 Å². The van der Waals surface area contributed by atoms with E-state index in [0.29, 0.717) is 54.2 Å². The molecule has 2 saturated heterocycles. The molecule has 5 atom stereocenters. The van der Waals surface area contributed by atoms with Crippen LogP contribution in [-0.4, -0.2) is 77.8 Å². The number of unbranched alkanes of at least 4 members (excludes halogenated alkanes) is 1. The van der Waals surface area contributed by atoms with Crippen molar-refractivity contribution in [1.29, 1.82) is 0 Å². The summed E-state index contributed by atoms with van der Waals surface area (Å²) in [4.78, 5) is 45.6. The summed E-state index contributed by atoms with van der Waals surface area (Å²) in [7, 11) is 0. The van der Waals surface area contributed by atoms with Crippen LogP contribution in [0.25, 0.3) is 0 Å². The highest BCUT2D eigenvalue weighted by atomic mass is 32.2. The van der Waals surface area contributed by atoms with Gasteiger partial charge in [0.05, 0.1) is 29.5 Å². The third-order valence-corrected chi connectivity index (χ3v) is 9.94. The van der Waals surface area contributed by atoms with Gasteiger partial charge in [0.15, 0.2) is 5.84 Å². The number of hydrogen-bond acceptors (Lipinski definition) is 8. The van der Waals surface area contributed by atoms with Crippen LogP contribution in [0.2, 0.25) is 0 Å². The lowest BCUT2D eigenvalue weighted by Gasteiger charge is -2.21. The number of fused-ring (bicyclic) bond motifs is 1. The number of urea groups is 1. The number of thioether (sulfide) groups is 1. The third kappa shape index (κ3) is 10.0. The van der Waals surface area contributed by atoms with E-state index in [4.69, 9.17) is 4.99 Å². The Morgan fingerprint density at radius 2 is 1.91 bits per heavy atom. The Labute approximate surface area is 276 Å². The van der Waals surface area contributed by atoms with Gasteiger partial charge in [0.1, 0.15) is 0 Å². The summed E-state index contributed by atoms with van der Waals surface area (Å²) in [5.74, 6) is 1.86. The minimum atomic E-state index is -0.161. The Bertz CT molecular complexity index is 1360. The smallest absolute Gasteiger partial charge is 0.315 e. The van der Waals surface area contributed by atoms with Crippen molar-refractivity contribution in [2.45, 2.75) is 89.1 Å². The lowest BCUT2D eigenvalue weighted by molar-refractivity contribution is -0.121. The Morgan fingerprint density at radius 1 is 1.13 bits per heavy atom. The minimum Gasteiger partial charge on any atom is -0.356 e. The highest BCUT2D eigenvalue weighted by Gasteiger charge is 2.42. The minimum absolute atomic E-state index is 0.0305. The van der Waals surface area contributed by atoms with Crippen molar-refractivity contribution < 1.29 is 14.4 Å². The van der Waals surface area contributed by atoms with Crippen molar-refractivity contribution in [3.8, 4) is 0 Å². The van der Waals surface area contributed by atoms with Gasteiger partial charge in [-0.05, 0) is 49.8 Å². The lowest BCUT2D eigenvalue weighted by Crippen LogP contribution is -2.36. The topological polar surface area (TPSA) is 148 Å². The normalized spacial score (nSPS) is 22.8. The molecule has 248 valence electrons. The maximum Gasteiger partial charge on any atom is 0.315 e. The fourth-order valence-electron chi connectivity index (χ4n) is 5.46. The molecule has 0 aliphatic carbocycles. The summed E-state index contributed by atoms with van der Waals surface area (Å²) >= 11 is 1.89. The van der Waals surface area contributed by atoms with Gasteiger partial charge in [0.25, 0.3) is 5.91 Å². The molecular weight excluding hydrogens is 600 g/mol. The summed E-state index contributed by atoms with van der Waals surface area (Å²) in [6.07, 6.45) is 11.5. The van der Waals surface area contributed by atoms with Crippen LogP contribution in [0.4, 0.5) is 4.79 Å². The second-order valence-electron chi connectivity index (χ2n) is 11.9. The molecule has 12 heteroatoms. The Hall–Kier alpha value is -3.93. The molecule has 0 saturated carbocycles. The Kier molecular flexibility index (Phi) is 13.4. The number of aliphatic imine (C=N–C) groups is 2. The predicted molar refractivity (Wildman–Crippen MR) is 188 cm³/mol. The molecule has 2 fully saturated rings. The van der Waals surface area contributed by atoms with Gasteiger partial charge in [-0.15, -0.1) is 0 Å². The predicted octanol–water partition coefficient (Wildman–Crippen LogP) is 4.32. The van der Waals surface area contributed by atoms with Gasteiger partial charge in [0.2, 0.25) is 5.91 Å². The zero-order valence-electron chi connectivity index (χ0n) is 27.2. The number of hydrogen-bond donors (Lipinski definition) is 5. The summed E-state index contributed by atoms with van der Waals surface area (Å²) in [6, 6.07) is 7.57. The molecule has 4 rings (SSSR count). The largest absolute Gasteiger partial charge is 0.356 e. The van der Waals surface area contributed by atoms with Crippen LogP contribution >= 0.6 is 11.8 Å². The van der Waals surface area contributed by atoms with E-state index in [2.05, 4.69) is 70.2 Å². The Morgan fingerprint density at radius 3 is 2.67 bits per heavy atom. The number of rotatable bonds is 17. The van der Waals surface area contributed by atoms with Gasteiger partial charge in [-0.1, -0.05) is 58.4 Å². The summed E-state index contributed by atoms with van der Waals surface area (Å²) in [5, 5.41) is 16.8. The van der Waals surface area contributed by atoms with E-state index < -0.39 is 0 Å². The van der Waals surface area contributed by atoms with Crippen molar-refractivity contribution in [2.24, 2.45) is 21.0 Å². The van der Waals surface area contributed by atoms with Gasteiger partial charge in [-0.2, -0.15) is 16.9 Å². The molecule has 3 aliphatic heterocycles. The molecule has 0 aromatic heterocycles. The van der Waals surface area contributed by atoms with E-state index >= 15 is 0 Å². The maximum absolute atomic E-state index is 12.7. The third-order valence-electron chi connectivity index (χ3n) is 8.43. The van der Waals surface area contributed by atoms with Crippen LogP contribution in [0, 0.1) is 5.92 Å². The van der Waals surface area contributed by atoms with Crippen molar-refractivity contribution in [2.75, 3.05) is 18.8 Å². The fraction of sp³-hybridized carbons (Fsp3) is 0.529. The molecule has 0 spiro atoms. The Balaban J connectivity index is 1.12. The standard InChI is InChI=1S/C34H48N8O3S/c1-5-22(3)11-9-18-35-23(4)32-38-26(6-2)30(41-42-32)24-14-16-25(17-15-24)33(44)37-20-10-19-36-29(43)13-8-7-12-28-31-27(21-46-28)39-34(45)40-31/h9,11,14-18,22,26-28,31H,4-8,10,12-13,19-21H2,1-3H3,(H,36,43)(H,37,44)(H,38,42)(H2,39,40,45)/b11-9-,35-18?. The molecule has 4 amide bonds. The molecule has 5 N–H and O–H groups in total. The molecule has 46 heavy (non-hydrogen) atoms. The molecule has 0 bridgehead atoms. The monoisotopic (exact) mass is 648 g/mol. The van der Waals surface area contributed by atoms with Crippen LogP contribution < -0.4 is 26.7 Å². The van der Waals surface area contributed by atoms with Gasteiger partial charge in [-0.25, -0.2) is 4.79 Å². The number of benzene rings is 1. The van der Waals surface area contributed by atoms with E-state index in [1.165, 1.54) is 0 Å². The highest BCUT2D eigenvalue weighted by molar-refractivity contribution is 8.00. The van der Waals surface area contributed by atoms with E-state index in [9.17, 15) is 14.4 Å². The number of allylic oxidation sites excluding steroid dienone is 2. The van der Waals surface area contributed by atoms with Crippen LogP contribution in [-0.2, 0) is 4.79 Å². The maximum atomic E-state index is 12.7. The fourth-order valence-corrected chi connectivity index (χ4v) is 7.00. The van der Waals surface area contributed by atoms with Crippen molar-refractivity contribution in [3.63, 3.8) is 0 Å². The number of nitrogens with zero attached hydrogens (tertiary/aromatic N) is 3. The summed E-state index contributed by atoms with van der Waals surface area (Å²) in [5.41, 5.74) is 5.76. The number of carbonyl (C=O) groups excluding carboxylic acids is 3. The summed E-state index contributed by atoms with van der Waals surface area (Å²) in [6.45, 7) is 11.4. The van der Waals surface area contributed by atoms with E-state index in [-0.39, 0.29) is 36.0 Å². The zero-order chi connectivity index (χ0) is 32.9. The molecule has 1 aromatic rings. The molecular formula is C34H48N8O3S. The van der Waals surface area contributed by atoms with Gasteiger partial charge in [-0.3, -0.25) is 25.0 Å². The highest BCUT2D eigenvalue weighted by Crippen LogP contribution is 2.33. The average Bonchev–Trinajstić information content (AvgIpc) is 3.63. The number of amidine groups is 1. The first-order valence-electron chi connectivity index (χ1n) is 16.4. The van der Waals surface area contributed by atoms with Crippen molar-refractivity contribution in [3.05, 3.63) is 59.8 Å². The van der Waals surface area contributed by atoms with Gasteiger partial charge < -0.3 is 21.3 Å². The van der Waals surface area contributed by atoms with E-state index in [1.54, 1.807) is 18.3 Å². The summed E-state index contributed by atoms with van der Waals surface area (Å²) < 4.78 is 0. The molecule has 1 aromatic carbocycles. The molecule has 3 aliphatic rings. The first kappa shape index (κ1) is 34.9. The van der Waals surface area contributed by atoms with Crippen LogP contribution in [0.1, 0.15) is 81.6 Å². The molecule has 5 unspecified atom stereocenters. The number of amides is 4. The lowest BCUT2D eigenvalue weighted by atomic mass is 9.99. The molecule has 0 radical (unpaired) electrons. The molecule has 3 heterocycles. The number of carbonyl (C=O) groups is 3. The first-order valence-corrected chi connectivity index (χ1v) is 17.5.